The third-order valence-corrected chi connectivity index (χ3v) is 11.6. The normalized spacial score (nSPS) is 31.1. The fraction of sp³-hybridized carbons (Fsp3) is 0.444. The number of ketones is 3. The van der Waals surface area contributed by atoms with Crippen LogP contribution >= 0.6 is 0 Å². The van der Waals surface area contributed by atoms with Crippen molar-refractivity contribution in [2.45, 2.75) is 98.9 Å². The van der Waals surface area contributed by atoms with E-state index in [9.17, 15) is 39.3 Å². The van der Waals surface area contributed by atoms with Crippen LogP contribution in [0.1, 0.15) is 97.6 Å². The largest absolute Gasteiger partial charge is 0.507 e. The Kier molecular flexibility index (Phi) is 13.4. The molecule has 5 bridgehead atoms. The minimum atomic E-state index is -2.10. The summed E-state index contributed by atoms with van der Waals surface area (Å²) in [7, 11) is 1.42. The van der Waals surface area contributed by atoms with Gasteiger partial charge in [0.05, 0.1) is 41.3 Å². The van der Waals surface area contributed by atoms with E-state index in [4.69, 9.17) is 18.9 Å². The number of phenolic OH excluding ortho intramolecular Hbond substituents is 1. The number of rotatable bonds is 5. The van der Waals surface area contributed by atoms with Crippen LogP contribution in [0.3, 0.4) is 0 Å². The molecule has 1 amide bonds. The number of carbonyl (C=O) groups excluding carboxylic acids is 5. The third kappa shape index (κ3) is 8.48. The Bertz CT molecular complexity index is 2170. The number of allylic oxidation sites excluding steroid dienone is 4. The summed E-state index contributed by atoms with van der Waals surface area (Å²) in [5.74, 6) is -9.38. The maximum atomic E-state index is 14.8. The quantitative estimate of drug-likeness (QED) is 0.232. The average molecular weight is 815 g/mol. The zero-order chi connectivity index (χ0) is 43.7. The van der Waals surface area contributed by atoms with Crippen LogP contribution in [0.2, 0.25) is 0 Å². The van der Waals surface area contributed by atoms with Crippen molar-refractivity contribution in [3.63, 3.8) is 0 Å². The predicted octanol–water partition coefficient (Wildman–Crippen LogP) is 5.63. The van der Waals surface area contributed by atoms with Crippen molar-refractivity contribution >= 4 is 34.9 Å². The lowest BCUT2D eigenvalue weighted by Crippen LogP contribution is -2.46. The molecule has 5 N–H and O–H groups in total. The maximum absolute atomic E-state index is 14.8. The Morgan fingerprint density at radius 3 is 2.25 bits per heavy atom. The molecule has 0 spiro atoms. The van der Waals surface area contributed by atoms with Gasteiger partial charge in [0.25, 0.3) is 11.7 Å². The zero-order valence-electron chi connectivity index (χ0n) is 35.0. The number of benzene rings is 2. The highest BCUT2D eigenvalue weighted by Gasteiger charge is 2.53. The molecule has 0 fully saturated rings. The molecule has 59 heavy (non-hydrogen) atoms. The molecule has 1 aliphatic carbocycles. The van der Waals surface area contributed by atoms with Gasteiger partial charge in [0.1, 0.15) is 29.0 Å². The zero-order valence-corrected chi connectivity index (χ0v) is 35.0. The third-order valence-electron chi connectivity index (χ3n) is 11.6. The Morgan fingerprint density at radius 1 is 0.932 bits per heavy atom. The molecule has 9 atom stereocenters. The first-order valence-electron chi connectivity index (χ1n) is 19.7. The first-order valence-corrected chi connectivity index (χ1v) is 19.7. The van der Waals surface area contributed by atoms with Crippen LogP contribution in [0.4, 0.5) is 5.69 Å². The number of hydrogen-bond donors (Lipinski definition) is 5. The van der Waals surface area contributed by atoms with Gasteiger partial charge in [-0.1, -0.05) is 71.0 Å². The van der Waals surface area contributed by atoms with E-state index in [1.165, 1.54) is 53.2 Å². The number of para-hydroxylation sites is 1. The van der Waals surface area contributed by atoms with E-state index < -0.39 is 106 Å². The highest BCUT2D eigenvalue weighted by atomic mass is 16.7. The van der Waals surface area contributed by atoms with Crippen LogP contribution in [-0.4, -0.2) is 81.9 Å². The molecule has 14 heteroatoms. The summed E-state index contributed by atoms with van der Waals surface area (Å²) in [5, 5.41) is 40.0. The van der Waals surface area contributed by atoms with Gasteiger partial charge in [0.2, 0.25) is 11.6 Å². The van der Waals surface area contributed by atoms with Gasteiger partial charge in [-0.25, -0.2) is 0 Å². The number of ether oxygens (including phenoxy) is 4. The smallest absolute Gasteiger partial charge is 0.312 e. The van der Waals surface area contributed by atoms with E-state index in [1.54, 1.807) is 52.0 Å². The van der Waals surface area contributed by atoms with Crippen molar-refractivity contribution < 1.29 is 58.2 Å². The fourth-order valence-electron chi connectivity index (χ4n) is 7.90. The number of methoxy groups -OCH3 is 1. The van der Waals surface area contributed by atoms with Gasteiger partial charge in [-0.15, -0.1) is 0 Å². The van der Waals surface area contributed by atoms with Crippen LogP contribution in [0, 0.1) is 30.6 Å². The Balaban J connectivity index is 1.70. The lowest BCUT2D eigenvalue weighted by Gasteiger charge is -2.38. The van der Waals surface area contributed by atoms with Crippen molar-refractivity contribution in [2.75, 3.05) is 12.4 Å². The van der Waals surface area contributed by atoms with E-state index in [1.807, 2.05) is 19.1 Å². The van der Waals surface area contributed by atoms with E-state index in [0.717, 1.165) is 5.56 Å². The molecule has 0 saturated carbocycles. The Labute approximate surface area is 343 Å². The second-order valence-electron chi connectivity index (χ2n) is 15.7. The van der Waals surface area contributed by atoms with Crippen molar-refractivity contribution in [2.24, 2.45) is 23.7 Å². The molecule has 3 heterocycles. The number of phenols is 1. The van der Waals surface area contributed by atoms with E-state index >= 15 is 0 Å². The summed E-state index contributed by atoms with van der Waals surface area (Å²) >= 11 is 0. The first kappa shape index (κ1) is 44.5. The SMILES string of the molecule is CCc1ccccc1NC1=C2NC(=O)/C(C)=C\C=C\C(C)C(O)C(C)C(O)C(C)C(OC(C)=O)C(C)C(OC)/C=C/OC3(C)Oc4c(C)c(O)c(c(c4C3=O)C1=O)C2=O. The average Bonchev–Trinajstić information content (AvgIpc) is 3.47. The number of aromatic hydroxyl groups is 1. The summed E-state index contributed by atoms with van der Waals surface area (Å²) in [6.45, 7) is 14.3. The van der Waals surface area contributed by atoms with Crippen LogP contribution < -0.4 is 15.4 Å². The number of carbonyl (C=O) groups is 5. The first-order chi connectivity index (χ1) is 27.8. The summed E-state index contributed by atoms with van der Waals surface area (Å²) < 4.78 is 23.5. The highest BCUT2D eigenvalue weighted by molar-refractivity contribution is 6.33. The van der Waals surface area contributed by atoms with E-state index in [2.05, 4.69) is 10.6 Å². The Hall–Kier alpha value is -5.57. The molecule has 316 valence electrons. The molecule has 3 aliphatic heterocycles. The van der Waals surface area contributed by atoms with Crippen molar-refractivity contribution in [1.29, 1.82) is 0 Å². The van der Waals surface area contributed by atoms with E-state index in [-0.39, 0.29) is 28.1 Å². The lowest BCUT2D eigenvalue weighted by molar-refractivity contribution is -0.160. The number of aryl methyl sites for hydroxylation is 1. The number of amides is 1. The number of aliphatic hydroxyl groups is 2. The number of nitrogens with one attached hydrogen (secondary N) is 2. The molecule has 0 aromatic heterocycles. The molecule has 4 aliphatic rings. The number of aliphatic hydroxyl groups excluding tert-OH is 2. The second-order valence-corrected chi connectivity index (χ2v) is 15.7. The number of anilines is 1. The maximum Gasteiger partial charge on any atom is 0.312 e. The minimum Gasteiger partial charge on any atom is -0.507 e. The highest BCUT2D eigenvalue weighted by Crippen LogP contribution is 2.49. The summed E-state index contributed by atoms with van der Waals surface area (Å²) in [4.78, 5) is 69.8. The van der Waals surface area contributed by atoms with Crippen LogP contribution in [-0.2, 0) is 30.2 Å². The number of fused-ring (bicyclic) bond motifs is 14. The Morgan fingerprint density at radius 2 is 1.61 bits per heavy atom. The molecule has 0 radical (unpaired) electrons. The van der Waals surface area contributed by atoms with Gasteiger partial charge >= 0.3 is 11.8 Å². The number of Topliss-reactive ketones (excluding diaryl/α,β-unsaturated/α-hetero) is 3. The number of esters is 1. The van der Waals surface area contributed by atoms with Crippen molar-refractivity contribution in [3.8, 4) is 11.5 Å². The van der Waals surface area contributed by atoms with Gasteiger partial charge in [-0.2, -0.15) is 0 Å². The predicted molar refractivity (Wildman–Crippen MR) is 218 cm³/mol. The van der Waals surface area contributed by atoms with Gasteiger partial charge in [0.15, 0.2) is 0 Å². The lowest BCUT2D eigenvalue weighted by atomic mass is 9.78. The standard InChI is InChI=1S/C45H54N2O12/c1-11-28-17-12-13-18-29(28)46-34-35-40(53)32-31(39(34)52)33-42(26(7)38(32)51)59-45(9,43(33)54)57-20-19-30(56-10)23(4)41(58-27(8)48)25(6)37(50)24(5)36(49)21(2)15-14-16-22(3)44(55)47-35/h12-21,23-25,30,36-37,41,46,49-51H,11H2,1-10H3,(H,47,55)/b15-14+,20-19+,22-16-. The molecule has 2 aromatic carbocycles. The summed E-state index contributed by atoms with van der Waals surface area (Å²) in [5.41, 5.74) is -0.600. The van der Waals surface area contributed by atoms with Gasteiger partial charge < -0.3 is 44.9 Å². The van der Waals surface area contributed by atoms with Crippen LogP contribution in [0.25, 0.3) is 0 Å². The monoisotopic (exact) mass is 814 g/mol. The second kappa shape index (κ2) is 17.7. The van der Waals surface area contributed by atoms with Gasteiger partial charge in [-0.3, -0.25) is 24.0 Å². The topological polar surface area (TPSA) is 207 Å². The van der Waals surface area contributed by atoms with Crippen LogP contribution in [0.15, 0.2) is 71.8 Å². The molecular weight excluding hydrogens is 760 g/mol. The molecule has 2 aromatic rings. The summed E-state index contributed by atoms with van der Waals surface area (Å²) in [6.07, 6.45) is 3.92. The number of hydrogen-bond acceptors (Lipinski definition) is 13. The van der Waals surface area contributed by atoms with Crippen molar-refractivity contribution in [1.82, 2.24) is 5.32 Å². The molecule has 14 nitrogen and oxygen atoms in total. The van der Waals surface area contributed by atoms with Crippen molar-refractivity contribution in [3.05, 3.63) is 99.6 Å². The van der Waals surface area contributed by atoms with Crippen LogP contribution in [0.5, 0.6) is 11.5 Å². The molecule has 0 saturated heterocycles. The summed E-state index contributed by atoms with van der Waals surface area (Å²) in [6, 6.07) is 7.08. The minimum absolute atomic E-state index is 0.0135. The fourth-order valence-corrected chi connectivity index (χ4v) is 7.90. The van der Waals surface area contributed by atoms with E-state index in [0.29, 0.717) is 12.1 Å². The molecule has 9 unspecified atom stereocenters. The molecular formula is C45H54N2O12. The van der Waals surface area contributed by atoms with Gasteiger partial charge in [-0.05, 0) is 38.0 Å². The molecule has 6 rings (SSSR count). The van der Waals surface area contributed by atoms with Gasteiger partial charge in [0, 0.05) is 61.5 Å².